The summed E-state index contributed by atoms with van der Waals surface area (Å²) < 4.78 is 3.04. The summed E-state index contributed by atoms with van der Waals surface area (Å²) in [5.74, 6) is 0. The Balaban J connectivity index is 1.93. The number of halogens is 2. The molecule has 0 bridgehead atoms. The molecular weight excluding hydrogens is 418 g/mol. The number of hydrogen-bond acceptors (Lipinski definition) is 6. The van der Waals surface area contributed by atoms with Crippen LogP contribution in [0.15, 0.2) is 21.4 Å². The average Bonchev–Trinajstić information content (AvgIpc) is 2.86. The molecule has 1 aromatic carbocycles. The number of aromatic nitrogens is 1. The van der Waals surface area contributed by atoms with Gasteiger partial charge in [-0.05, 0) is 28.1 Å². The summed E-state index contributed by atoms with van der Waals surface area (Å²) >= 11 is 10.6. The summed E-state index contributed by atoms with van der Waals surface area (Å²) in [6.07, 6.45) is 0.172. The zero-order valence-electron chi connectivity index (χ0n) is 12.8. The van der Waals surface area contributed by atoms with E-state index >= 15 is 0 Å². The van der Waals surface area contributed by atoms with Crippen LogP contribution in [0.3, 0.4) is 0 Å². The van der Waals surface area contributed by atoms with Gasteiger partial charge in [-0.3, -0.25) is 24.0 Å². The van der Waals surface area contributed by atoms with Crippen LogP contribution in [0, 0.1) is 0 Å². The molecular formula is C15H17BrClN3O3S. The van der Waals surface area contributed by atoms with Crippen LogP contribution in [0.2, 0.25) is 5.02 Å². The third-order valence-electron chi connectivity index (χ3n) is 4.24. The van der Waals surface area contributed by atoms with Gasteiger partial charge in [0.15, 0.2) is 6.29 Å². The highest BCUT2D eigenvalue weighted by atomic mass is 79.9. The number of aliphatic hydroxyl groups is 1. The first-order chi connectivity index (χ1) is 11.5. The molecule has 0 spiro atoms. The van der Waals surface area contributed by atoms with Gasteiger partial charge in [0.05, 0.1) is 21.8 Å². The predicted octanol–water partition coefficient (Wildman–Crippen LogP) is 1.79. The van der Waals surface area contributed by atoms with Gasteiger partial charge in [0.1, 0.15) is 6.17 Å². The normalized spacial score (nSPS) is 18.1. The molecule has 6 nitrogen and oxygen atoms in total. The number of piperazine rings is 1. The van der Waals surface area contributed by atoms with Crippen LogP contribution in [0.5, 0.6) is 0 Å². The van der Waals surface area contributed by atoms with Crippen molar-refractivity contribution in [2.45, 2.75) is 6.17 Å². The van der Waals surface area contributed by atoms with Crippen molar-refractivity contribution in [3.05, 3.63) is 31.3 Å². The number of nitrogens with zero attached hydrogens (tertiary/aromatic N) is 3. The first-order valence-corrected chi connectivity index (χ1v) is 9.56. The van der Waals surface area contributed by atoms with Crippen molar-refractivity contribution in [2.75, 3.05) is 39.3 Å². The standard InChI is InChI=1S/C15H17BrClN3O3S/c16-10-7-13-12(8-11(10)17)20(15(23)24-13)14(9-22)19-3-1-18(2-4-19)5-6-21/h7-9,14,21H,1-6H2. The molecule has 0 radical (unpaired) electrons. The van der Waals surface area contributed by atoms with E-state index in [0.717, 1.165) is 39.9 Å². The van der Waals surface area contributed by atoms with Gasteiger partial charge in [-0.1, -0.05) is 22.9 Å². The lowest BCUT2D eigenvalue weighted by molar-refractivity contribution is -0.116. The molecule has 2 heterocycles. The van der Waals surface area contributed by atoms with Crippen molar-refractivity contribution in [1.82, 2.24) is 14.4 Å². The maximum Gasteiger partial charge on any atom is 0.309 e. The van der Waals surface area contributed by atoms with Gasteiger partial charge in [0.2, 0.25) is 0 Å². The predicted molar refractivity (Wildman–Crippen MR) is 99.0 cm³/mol. The SMILES string of the molecule is O=CC(N1CCN(CCO)CC1)n1c(=O)sc2cc(Br)c(Cl)cc21. The van der Waals surface area contributed by atoms with E-state index in [-0.39, 0.29) is 11.5 Å². The van der Waals surface area contributed by atoms with E-state index in [1.165, 1.54) is 4.57 Å². The molecule has 1 aliphatic heterocycles. The minimum Gasteiger partial charge on any atom is -0.395 e. The van der Waals surface area contributed by atoms with Crippen LogP contribution in [-0.4, -0.2) is 65.1 Å². The molecule has 1 N–H and O–H groups in total. The van der Waals surface area contributed by atoms with Crippen molar-refractivity contribution in [3.8, 4) is 0 Å². The number of carbonyl (C=O) groups excluding carboxylic acids is 1. The molecule has 130 valence electrons. The number of hydrogen-bond donors (Lipinski definition) is 1. The molecule has 0 amide bonds. The first kappa shape index (κ1) is 18.0. The fourth-order valence-electron chi connectivity index (χ4n) is 2.98. The molecule has 9 heteroatoms. The summed E-state index contributed by atoms with van der Waals surface area (Å²) in [5, 5.41) is 9.53. The first-order valence-electron chi connectivity index (χ1n) is 7.58. The maximum atomic E-state index is 12.5. The smallest absolute Gasteiger partial charge is 0.309 e. The lowest BCUT2D eigenvalue weighted by Gasteiger charge is -2.37. The molecule has 3 rings (SSSR count). The highest BCUT2D eigenvalue weighted by Gasteiger charge is 2.27. The third kappa shape index (κ3) is 3.44. The number of rotatable bonds is 5. The van der Waals surface area contributed by atoms with Gasteiger partial charge in [-0.15, -0.1) is 0 Å². The van der Waals surface area contributed by atoms with Crippen LogP contribution in [0.25, 0.3) is 10.2 Å². The maximum absolute atomic E-state index is 12.5. The number of β-amino-alcohol motifs (C(OH)–C–C–N with tert-alkyl or cyclic N) is 1. The Morgan fingerprint density at radius 1 is 1.33 bits per heavy atom. The fourth-order valence-corrected chi connectivity index (χ4v) is 4.57. The molecule has 0 saturated carbocycles. The van der Waals surface area contributed by atoms with Gasteiger partial charge < -0.3 is 5.11 Å². The highest BCUT2D eigenvalue weighted by molar-refractivity contribution is 9.10. The second-order valence-electron chi connectivity index (χ2n) is 5.62. The Hall–Kier alpha value is -0.770. The second-order valence-corrected chi connectivity index (χ2v) is 7.88. The number of benzene rings is 1. The van der Waals surface area contributed by atoms with E-state index in [0.29, 0.717) is 30.2 Å². The van der Waals surface area contributed by atoms with Crippen molar-refractivity contribution in [1.29, 1.82) is 0 Å². The summed E-state index contributed by atoms with van der Waals surface area (Å²) in [6, 6.07) is 3.53. The Morgan fingerprint density at radius 3 is 2.67 bits per heavy atom. The van der Waals surface area contributed by atoms with Crippen molar-refractivity contribution in [3.63, 3.8) is 0 Å². The van der Waals surface area contributed by atoms with E-state index in [1.807, 2.05) is 4.90 Å². The molecule has 1 unspecified atom stereocenters. The average molecular weight is 435 g/mol. The Kier molecular flexibility index (Phi) is 5.74. The number of fused-ring (bicyclic) bond motifs is 1. The molecule has 1 atom stereocenters. The molecule has 1 aromatic heterocycles. The lowest BCUT2D eigenvalue weighted by Crippen LogP contribution is -2.50. The van der Waals surface area contributed by atoms with Crippen LogP contribution in [0.1, 0.15) is 6.17 Å². The van der Waals surface area contributed by atoms with Crippen molar-refractivity contribution < 1.29 is 9.90 Å². The zero-order chi connectivity index (χ0) is 17.3. The van der Waals surface area contributed by atoms with Crippen molar-refractivity contribution >= 4 is 55.4 Å². The topological polar surface area (TPSA) is 65.8 Å². The molecule has 1 saturated heterocycles. The number of thiazole rings is 1. The van der Waals surface area contributed by atoms with E-state index in [2.05, 4.69) is 20.8 Å². The van der Waals surface area contributed by atoms with Gasteiger partial charge in [-0.25, -0.2) is 0 Å². The van der Waals surface area contributed by atoms with E-state index < -0.39 is 6.17 Å². The molecule has 24 heavy (non-hydrogen) atoms. The summed E-state index contributed by atoms with van der Waals surface area (Å²) in [7, 11) is 0. The number of aliphatic hydroxyl groups excluding tert-OH is 1. The van der Waals surface area contributed by atoms with Gasteiger partial charge >= 0.3 is 4.87 Å². The largest absolute Gasteiger partial charge is 0.395 e. The minimum absolute atomic E-state index is 0.124. The summed E-state index contributed by atoms with van der Waals surface area (Å²) in [5.41, 5.74) is 0.674. The van der Waals surface area contributed by atoms with E-state index in [9.17, 15) is 9.59 Å². The van der Waals surface area contributed by atoms with Gasteiger partial charge in [-0.2, -0.15) is 0 Å². The minimum atomic E-state index is -0.639. The fraction of sp³-hybridized carbons (Fsp3) is 0.467. The quantitative estimate of drug-likeness (QED) is 0.727. The van der Waals surface area contributed by atoms with Crippen LogP contribution in [-0.2, 0) is 4.79 Å². The Labute approximate surface area is 156 Å². The lowest BCUT2D eigenvalue weighted by atomic mass is 10.2. The Bertz CT molecular complexity index is 801. The highest BCUT2D eigenvalue weighted by Crippen LogP contribution is 2.31. The summed E-state index contributed by atoms with van der Waals surface area (Å²) in [4.78, 5) is 28.2. The van der Waals surface area contributed by atoms with E-state index in [1.54, 1.807) is 12.1 Å². The van der Waals surface area contributed by atoms with E-state index in [4.69, 9.17) is 16.7 Å². The van der Waals surface area contributed by atoms with Gasteiger partial charge in [0, 0.05) is 37.2 Å². The van der Waals surface area contributed by atoms with Crippen LogP contribution < -0.4 is 4.87 Å². The van der Waals surface area contributed by atoms with Crippen LogP contribution >= 0.6 is 38.9 Å². The monoisotopic (exact) mass is 433 g/mol. The van der Waals surface area contributed by atoms with Gasteiger partial charge in [0.25, 0.3) is 0 Å². The number of carbonyl (C=O) groups is 1. The Morgan fingerprint density at radius 2 is 2.04 bits per heavy atom. The summed E-state index contributed by atoms with van der Waals surface area (Å²) in [6.45, 7) is 3.60. The second kappa shape index (κ2) is 7.63. The molecule has 1 aliphatic rings. The number of aldehydes is 1. The molecule has 2 aromatic rings. The zero-order valence-corrected chi connectivity index (χ0v) is 16.0. The van der Waals surface area contributed by atoms with Crippen LogP contribution in [0.4, 0.5) is 0 Å². The molecule has 1 fully saturated rings. The third-order valence-corrected chi connectivity index (χ3v) is 6.35. The van der Waals surface area contributed by atoms with Crippen molar-refractivity contribution in [2.24, 2.45) is 0 Å². The molecule has 0 aliphatic carbocycles.